The Morgan fingerprint density at radius 3 is 2.52 bits per heavy atom. The van der Waals surface area contributed by atoms with Crippen LogP contribution in [0.4, 0.5) is 5.82 Å². The summed E-state index contributed by atoms with van der Waals surface area (Å²) in [4.78, 5) is 14.4. The van der Waals surface area contributed by atoms with Gasteiger partial charge in [-0.05, 0) is 24.6 Å². The van der Waals surface area contributed by atoms with Gasteiger partial charge in [0.05, 0.1) is 5.71 Å². The van der Waals surface area contributed by atoms with Crippen molar-refractivity contribution in [2.24, 2.45) is 5.16 Å². The largest absolute Gasteiger partial charge is 0.399 e. The summed E-state index contributed by atoms with van der Waals surface area (Å²) >= 11 is 0. The van der Waals surface area contributed by atoms with E-state index in [1.165, 1.54) is 11.1 Å². The number of pyridine rings is 1. The van der Waals surface area contributed by atoms with E-state index in [2.05, 4.69) is 57.2 Å². The van der Waals surface area contributed by atoms with Gasteiger partial charge in [-0.15, -0.1) is 0 Å². The Kier molecular flexibility index (Phi) is 6.01. The Morgan fingerprint density at radius 2 is 1.84 bits per heavy atom. The van der Waals surface area contributed by atoms with Crippen molar-refractivity contribution in [1.82, 2.24) is 9.88 Å². The van der Waals surface area contributed by atoms with E-state index in [-0.39, 0.29) is 0 Å². The number of aromatic nitrogens is 1. The Bertz CT molecular complexity index is 694. The smallest absolute Gasteiger partial charge is 0.128 e. The molecule has 5 nitrogen and oxygen atoms in total. The predicted octanol–water partition coefficient (Wildman–Crippen LogP) is 2.95. The van der Waals surface area contributed by atoms with Crippen LogP contribution in [0.1, 0.15) is 17.5 Å². The highest BCUT2D eigenvalue weighted by Gasteiger charge is 2.18. The molecule has 1 aliphatic rings. The fourth-order valence-corrected chi connectivity index (χ4v) is 3.24. The molecule has 0 spiro atoms. The third-order valence-corrected chi connectivity index (χ3v) is 4.67. The van der Waals surface area contributed by atoms with Crippen molar-refractivity contribution in [2.45, 2.75) is 13.3 Å². The lowest BCUT2D eigenvalue weighted by molar-refractivity contribution is 0.211. The quantitative estimate of drug-likeness (QED) is 0.600. The number of rotatable bonds is 6. The minimum atomic E-state index is 0.891. The summed E-state index contributed by atoms with van der Waals surface area (Å²) in [6.07, 6.45) is 2.75. The van der Waals surface area contributed by atoms with Crippen molar-refractivity contribution in [3.63, 3.8) is 0 Å². The molecule has 1 aromatic carbocycles. The highest BCUT2D eigenvalue weighted by atomic mass is 16.6. The molecule has 0 unspecified atom stereocenters. The molecule has 1 saturated heterocycles. The third kappa shape index (κ3) is 4.57. The molecule has 0 bridgehead atoms. The molecule has 5 heteroatoms. The van der Waals surface area contributed by atoms with Crippen LogP contribution in [0.5, 0.6) is 0 Å². The van der Waals surface area contributed by atoms with Crippen LogP contribution in [0.2, 0.25) is 0 Å². The summed E-state index contributed by atoms with van der Waals surface area (Å²) in [5.74, 6) is 1.07. The first-order valence-corrected chi connectivity index (χ1v) is 8.82. The molecule has 0 atom stereocenters. The Labute approximate surface area is 149 Å². The second kappa shape index (κ2) is 8.62. The lowest BCUT2D eigenvalue weighted by atomic mass is 10.0. The van der Waals surface area contributed by atoms with Crippen LogP contribution in [0.15, 0.2) is 53.8 Å². The normalized spacial score (nSPS) is 16.1. The molecule has 2 heterocycles. The SMILES string of the molecule is CO/N=C(\CCN1CCN(c2ccccn2)CC1)c1ccccc1C. The Morgan fingerprint density at radius 1 is 1.08 bits per heavy atom. The average Bonchev–Trinajstić information content (AvgIpc) is 2.67. The van der Waals surface area contributed by atoms with Crippen LogP contribution in [0.25, 0.3) is 0 Å². The lowest BCUT2D eigenvalue weighted by Gasteiger charge is -2.35. The summed E-state index contributed by atoms with van der Waals surface area (Å²) in [5, 5.41) is 4.27. The monoisotopic (exact) mass is 338 g/mol. The molecule has 0 radical (unpaired) electrons. The van der Waals surface area contributed by atoms with Gasteiger partial charge in [-0.3, -0.25) is 4.90 Å². The maximum absolute atomic E-state index is 5.08. The van der Waals surface area contributed by atoms with Gasteiger partial charge in [0.2, 0.25) is 0 Å². The van der Waals surface area contributed by atoms with E-state index in [0.717, 1.165) is 50.7 Å². The molecule has 1 fully saturated rings. The number of nitrogens with zero attached hydrogens (tertiary/aromatic N) is 4. The average molecular weight is 338 g/mol. The van der Waals surface area contributed by atoms with Gasteiger partial charge in [-0.1, -0.05) is 35.5 Å². The molecule has 0 saturated carbocycles. The van der Waals surface area contributed by atoms with Gasteiger partial charge in [0.15, 0.2) is 0 Å². The summed E-state index contributed by atoms with van der Waals surface area (Å²) < 4.78 is 0. The van der Waals surface area contributed by atoms with Gasteiger partial charge in [0, 0.05) is 50.9 Å². The Balaban J connectivity index is 1.55. The van der Waals surface area contributed by atoms with Gasteiger partial charge < -0.3 is 9.74 Å². The summed E-state index contributed by atoms with van der Waals surface area (Å²) in [5.41, 5.74) is 3.43. The molecule has 132 valence electrons. The Hall–Kier alpha value is -2.40. The molecule has 2 aromatic rings. The first-order chi connectivity index (χ1) is 12.3. The molecule has 25 heavy (non-hydrogen) atoms. The van der Waals surface area contributed by atoms with Crippen molar-refractivity contribution >= 4 is 11.5 Å². The van der Waals surface area contributed by atoms with E-state index >= 15 is 0 Å². The molecule has 0 amide bonds. The molecular formula is C20H26N4O. The van der Waals surface area contributed by atoms with Crippen molar-refractivity contribution in [3.05, 3.63) is 59.8 Å². The fraction of sp³-hybridized carbons (Fsp3) is 0.400. The van der Waals surface area contributed by atoms with Crippen molar-refractivity contribution < 1.29 is 4.84 Å². The number of benzene rings is 1. The van der Waals surface area contributed by atoms with E-state index in [0.29, 0.717) is 0 Å². The second-order valence-corrected chi connectivity index (χ2v) is 6.30. The van der Waals surface area contributed by atoms with Crippen LogP contribution in [-0.4, -0.2) is 55.4 Å². The van der Waals surface area contributed by atoms with Crippen molar-refractivity contribution in [1.29, 1.82) is 0 Å². The molecule has 3 rings (SSSR count). The van der Waals surface area contributed by atoms with Crippen LogP contribution >= 0.6 is 0 Å². The van der Waals surface area contributed by atoms with E-state index < -0.39 is 0 Å². The van der Waals surface area contributed by atoms with Crippen LogP contribution in [0.3, 0.4) is 0 Å². The number of oxime groups is 1. The van der Waals surface area contributed by atoms with Crippen LogP contribution in [0, 0.1) is 6.92 Å². The van der Waals surface area contributed by atoms with Gasteiger partial charge in [-0.25, -0.2) is 4.98 Å². The van der Waals surface area contributed by atoms with Crippen molar-refractivity contribution in [2.75, 3.05) is 44.7 Å². The van der Waals surface area contributed by atoms with Gasteiger partial charge in [-0.2, -0.15) is 0 Å². The number of anilines is 1. The number of piperazine rings is 1. The molecule has 0 aliphatic carbocycles. The molecular weight excluding hydrogens is 312 g/mol. The zero-order valence-corrected chi connectivity index (χ0v) is 15.1. The zero-order chi connectivity index (χ0) is 17.5. The van der Waals surface area contributed by atoms with Crippen molar-refractivity contribution in [3.8, 4) is 0 Å². The molecule has 1 aromatic heterocycles. The second-order valence-electron chi connectivity index (χ2n) is 6.30. The highest BCUT2D eigenvalue weighted by Crippen LogP contribution is 2.15. The number of hydrogen-bond acceptors (Lipinski definition) is 5. The molecule has 1 aliphatic heterocycles. The van der Waals surface area contributed by atoms with Gasteiger partial charge in [0.25, 0.3) is 0 Å². The van der Waals surface area contributed by atoms with E-state index in [9.17, 15) is 0 Å². The first kappa shape index (κ1) is 17.4. The molecule has 0 N–H and O–H groups in total. The van der Waals surface area contributed by atoms with Crippen LogP contribution in [-0.2, 0) is 4.84 Å². The van der Waals surface area contributed by atoms with Crippen LogP contribution < -0.4 is 4.90 Å². The van der Waals surface area contributed by atoms with E-state index in [1.54, 1.807) is 7.11 Å². The zero-order valence-electron chi connectivity index (χ0n) is 15.1. The fourth-order valence-electron chi connectivity index (χ4n) is 3.24. The standard InChI is InChI=1S/C20H26N4O/c1-17-7-3-4-8-18(17)19(22-25-2)10-12-23-13-15-24(16-14-23)20-9-5-6-11-21-20/h3-9,11H,10,12-16H2,1-2H3/b22-19+. The summed E-state index contributed by atoms with van der Waals surface area (Å²) in [7, 11) is 1.61. The number of hydrogen-bond donors (Lipinski definition) is 0. The minimum Gasteiger partial charge on any atom is -0.399 e. The number of aryl methyl sites for hydroxylation is 1. The highest BCUT2D eigenvalue weighted by molar-refractivity contribution is 6.01. The maximum Gasteiger partial charge on any atom is 0.128 e. The van der Waals surface area contributed by atoms with Gasteiger partial charge in [0.1, 0.15) is 12.9 Å². The van der Waals surface area contributed by atoms with Gasteiger partial charge >= 0.3 is 0 Å². The topological polar surface area (TPSA) is 41.0 Å². The summed E-state index contributed by atoms with van der Waals surface area (Å²) in [6.45, 7) is 7.23. The maximum atomic E-state index is 5.08. The third-order valence-electron chi connectivity index (χ3n) is 4.67. The minimum absolute atomic E-state index is 0.891. The van der Waals surface area contributed by atoms with E-state index in [4.69, 9.17) is 4.84 Å². The van der Waals surface area contributed by atoms with E-state index in [1.807, 2.05) is 18.3 Å². The summed E-state index contributed by atoms with van der Waals surface area (Å²) in [6, 6.07) is 14.4. The predicted molar refractivity (Wildman–Crippen MR) is 102 cm³/mol. The first-order valence-electron chi connectivity index (χ1n) is 8.82. The lowest BCUT2D eigenvalue weighted by Crippen LogP contribution is -2.47.